The van der Waals surface area contributed by atoms with E-state index < -0.39 is 0 Å². The zero-order valence-electron chi connectivity index (χ0n) is 7.56. The van der Waals surface area contributed by atoms with Crippen LogP contribution in [0.2, 0.25) is 0 Å². The molecular weight excluding hydrogens is 182 g/mol. The van der Waals surface area contributed by atoms with Gasteiger partial charge in [0.15, 0.2) is 0 Å². The van der Waals surface area contributed by atoms with Crippen molar-refractivity contribution in [2.75, 3.05) is 6.54 Å². The lowest BCUT2D eigenvalue weighted by Crippen LogP contribution is -2.25. The number of hydrogen-bond acceptors (Lipinski definition) is 4. The van der Waals surface area contributed by atoms with E-state index in [1.165, 1.54) is 6.20 Å². The smallest absolute Gasteiger partial charge is 0.251 e. The zero-order chi connectivity index (χ0) is 10.4. The molecule has 0 saturated heterocycles. The van der Waals surface area contributed by atoms with Gasteiger partial charge in [0.25, 0.3) is 5.91 Å². The fraction of sp³-hybridized carbons (Fsp3) is 0.222. The number of pyridine rings is 1. The molecular formula is C9H11N3O2. The van der Waals surface area contributed by atoms with Crippen LogP contribution in [0.4, 0.5) is 0 Å². The van der Waals surface area contributed by atoms with E-state index in [4.69, 9.17) is 5.73 Å². The average Bonchev–Trinajstić information content (AvgIpc) is 2.26. The van der Waals surface area contributed by atoms with Crippen LogP contribution < -0.4 is 11.1 Å². The summed E-state index contributed by atoms with van der Waals surface area (Å²) in [5.41, 5.74) is 6.47. The third kappa shape index (κ3) is 2.63. The molecule has 74 valence electrons. The van der Waals surface area contributed by atoms with Gasteiger partial charge < -0.3 is 15.8 Å². The predicted octanol–water partition coefficient (Wildman–Crippen LogP) is -0.531. The highest BCUT2D eigenvalue weighted by atomic mass is 16.2. The Labute approximate surface area is 81.3 Å². The van der Waals surface area contributed by atoms with E-state index in [0.29, 0.717) is 17.5 Å². The SMILES string of the molecule is NCc1cc(C(=O)NCC=O)ccn1. The first-order valence-electron chi connectivity index (χ1n) is 4.14. The van der Waals surface area contributed by atoms with Gasteiger partial charge in [-0.3, -0.25) is 9.78 Å². The van der Waals surface area contributed by atoms with Crippen LogP contribution in [-0.4, -0.2) is 23.7 Å². The number of aldehydes is 1. The number of amides is 1. The van der Waals surface area contributed by atoms with E-state index in [1.54, 1.807) is 12.1 Å². The van der Waals surface area contributed by atoms with Crippen molar-refractivity contribution in [1.29, 1.82) is 0 Å². The number of nitrogens with one attached hydrogen (secondary N) is 1. The fourth-order valence-electron chi connectivity index (χ4n) is 0.967. The summed E-state index contributed by atoms with van der Waals surface area (Å²) in [7, 11) is 0. The fourth-order valence-corrected chi connectivity index (χ4v) is 0.967. The van der Waals surface area contributed by atoms with Gasteiger partial charge in [-0.25, -0.2) is 0 Å². The van der Waals surface area contributed by atoms with Crippen LogP contribution in [0.5, 0.6) is 0 Å². The number of carbonyl (C=O) groups is 2. The maximum Gasteiger partial charge on any atom is 0.251 e. The van der Waals surface area contributed by atoms with Gasteiger partial charge in [0.05, 0.1) is 12.2 Å². The highest BCUT2D eigenvalue weighted by molar-refractivity contribution is 5.95. The third-order valence-electron chi connectivity index (χ3n) is 1.63. The first kappa shape index (κ1) is 10.3. The van der Waals surface area contributed by atoms with Gasteiger partial charge in [-0.2, -0.15) is 0 Å². The lowest BCUT2D eigenvalue weighted by atomic mass is 10.2. The largest absolute Gasteiger partial charge is 0.345 e. The second kappa shape index (κ2) is 5.08. The Hall–Kier alpha value is -1.75. The topological polar surface area (TPSA) is 85.1 Å². The van der Waals surface area contributed by atoms with E-state index in [-0.39, 0.29) is 19.0 Å². The zero-order valence-corrected chi connectivity index (χ0v) is 7.56. The van der Waals surface area contributed by atoms with Crippen LogP contribution in [0.3, 0.4) is 0 Å². The maximum atomic E-state index is 11.3. The molecule has 0 aliphatic rings. The minimum absolute atomic E-state index is 0.0130. The molecule has 0 aromatic carbocycles. The molecule has 0 spiro atoms. The van der Waals surface area contributed by atoms with Crippen molar-refractivity contribution in [2.45, 2.75) is 6.54 Å². The summed E-state index contributed by atoms with van der Waals surface area (Å²) >= 11 is 0. The minimum Gasteiger partial charge on any atom is -0.345 e. The number of carbonyl (C=O) groups excluding carboxylic acids is 2. The summed E-state index contributed by atoms with van der Waals surface area (Å²) < 4.78 is 0. The molecule has 1 aromatic heterocycles. The molecule has 1 amide bonds. The Bertz CT molecular complexity index is 339. The quantitative estimate of drug-likeness (QED) is 0.629. The first-order valence-corrected chi connectivity index (χ1v) is 4.14. The van der Waals surface area contributed by atoms with Crippen molar-refractivity contribution in [1.82, 2.24) is 10.3 Å². The summed E-state index contributed by atoms with van der Waals surface area (Å²) in [6.07, 6.45) is 2.14. The van der Waals surface area contributed by atoms with Crippen LogP contribution in [0, 0.1) is 0 Å². The molecule has 5 nitrogen and oxygen atoms in total. The Morgan fingerprint density at radius 1 is 1.64 bits per heavy atom. The van der Waals surface area contributed by atoms with Gasteiger partial charge in [-0.05, 0) is 12.1 Å². The van der Waals surface area contributed by atoms with Gasteiger partial charge in [-0.1, -0.05) is 0 Å². The highest BCUT2D eigenvalue weighted by Crippen LogP contribution is 2.00. The van der Waals surface area contributed by atoms with E-state index in [0.717, 1.165) is 0 Å². The molecule has 0 aliphatic carbocycles. The molecule has 14 heavy (non-hydrogen) atoms. The first-order chi connectivity index (χ1) is 6.77. The summed E-state index contributed by atoms with van der Waals surface area (Å²) in [6, 6.07) is 3.17. The van der Waals surface area contributed by atoms with Crippen LogP contribution in [0.25, 0.3) is 0 Å². The van der Waals surface area contributed by atoms with Crippen LogP contribution in [0.15, 0.2) is 18.3 Å². The molecule has 0 bridgehead atoms. The standard InChI is InChI=1S/C9H11N3O2/c10-6-8-5-7(1-2-11-8)9(14)12-3-4-13/h1-2,4-5H,3,6,10H2,(H,12,14). The third-order valence-corrected chi connectivity index (χ3v) is 1.63. The second-order valence-corrected chi connectivity index (χ2v) is 2.62. The lowest BCUT2D eigenvalue weighted by molar-refractivity contribution is -0.107. The molecule has 1 heterocycles. The molecule has 0 aliphatic heterocycles. The van der Waals surface area contributed by atoms with Crippen LogP contribution in [0.1, 0.15) is 16.1 Å². The van der Waals surface area contributed by atoms with E-state index in [9.17, 15) is 9.59 Å². The summed E-state index contributed by atoms with van der Waals surface area (Å²) in [5.74, 6) is -0.297. The number of hydrogen-bond donors (Lipinski definition) is 2. The molecule has 0 radical (unpaired) electrons. The average molecular weight is 193 g/mol. The summed E-state index contributed by atoms with van der Waals surface area (Å²) in [5, 5.41) is 2.42. The van der Waals surface area contributed by atoms with E-state index >= 15 is 0 Å². The van der Waals surface area contributed by atoms with Gasteiger partial charge in [0, 0.05) is 18.3 Å². The van der Waals surface area contributed by atoms with Crippen molar-refractivity contribution < 1.29 is 9.59 Å². The van der Waals surface area contributed by atoms with Gasteiger partial charge >= 0.3 is 0 Å². The normalized spacial score (nSPS) is 9.50. The molecule has 0 saturated carbocycles. The number of aromatic nitrogens is 1. The number of nitrogens with zero attached hydrogens (tertiary/aromatic N) is 1. The Morgan fingerprint density at radius 3 is 3.07 bits per heavy atom. The molecule has 5 heteroatoms. The van der Waals surface area contributed by atoms with E-state index in [1.807, 2.05) is 0 Å². The van der Waals surface area contributed by atoms with Crippen molar-refractivity contribution in [3.05, 3.63) is 29.6 Å². The van der Waals surface area contributed by atoms with Crippen molar-refractivity contribution in [2.24, 2.45) is 5.73 Å². The van der Waals surface area contributed by atoms with E-state index in [2.05, 4.69) is 10.3 Å². The molecule has 3 N–H and O–H groups in total. The minimum atomic E-state index is -0.297. The summed E-state index contributed by atoms with van der Waals surface area (Å²) in [6.45, 7) is 0.300. The van der Waals surface area contributed by atoms with Gasteiger partial charge in [0.1, 0.15) is 6.29 Å². The number of rotatable bonds is 4. The van der Waals surface area contributed by atoms with Crippen molar-refractivity contribution in [3.63, 3.8) is 0 Å². The van der Waals surface area contributed by atoms with Crippen molar-refractivity contribution in [3.8, 4) is 0 Å². The maximum absolute atomic E-state index is 11.3. The predicted molar refractivity (Wildman–Crippen MR) is 50.5 cm³/mol. The summed E-state index contributed by atoms with van der Waals surface area (Å²) in [4.78, 5) is 25.3. The molecule has 1 aromatic rings. The van der Waals surface area contributed by atoms with Crippen LogP contribution in [-0.2, 0) is 11.3 Å². The monoisotopic (exact) mass is 193 g/mol. The Balaban J connectivity index is 2.73. The molecule has 0 unspecified atom stereocenters. The van der Waals surface area contributed by atoms with Crippen LogP contribution >= 0.6 is 0 Å². The van der Waals surface area contributed by atoms with Gasteiger partial charge in [0.2, 0.25) is 0 Å². The second-order valence-electron chi connectivity index (χ2n) is 2.62. The number of nitrogens with two attached hydrogens (primary N) is 1. The molecule has 1 rings (SSSR count). The molecule has 0 atom stereocenters. The van der Waals surface area contributed by atoms with Crippen molar-refractivity contribution >= 4 is 12.2 Å². The highest BCUT2D eigenvalue weighted by Gasteiger charge is 2.04. The Kier molecular flexibility index (Phi) is 3.75. The Morgan fingerprint density at radius 2 is 2.43 bits per heavy atom. The lowest BCUT2D eigenvalue weighted by Gasteiger charge is -2.02. The van der Waals surface area contributed by atoms with Gasteiger partial charge in [-0.15, -0.1) is 0 Å². The molecule has 0 fully saturated rings.